The van der Waals surface area contributed by atoms with Crippen molar-refractivity contribution >= 4 is 22.5 Å². The predicted molar refractivity (Wildman–Crippen MR) is 72.4 cm³/mol. The van der Waals surface area contributed by atoms with Gasteiger partial charge in [-0.15, -0.1) is 0 Å². The first-order chi connectivity index (χ1) is 9.15. The molecular formula is C13H13N5O. The molecule has 0 aliphatic carbocycles. The Morgan fingerprint density at radius 1 is 1.16 bits per heavy atom. The Bertz CT molecular complexity index is 733. The van der Waals surface area contributed by atoms with Crippen LogP contribution in [0.3, 0.4) is 0 Å². The quantitative estimate of drug-likeness (QED) is 0.686. The fourth-order valence-electron chi connectivity index (χ4n) is 2.05. The van der Waals surface area contributed by atoms with Crippen molar-refractivity contribution in [3.8, 4) is 5.75 Å². The third-order valence-electron chi connectivity index (χ3n) is 2.93. The van der Waals surface area contributed by atoms with E-state index in [0.29, 0.717) is 5.82 Å². The Balaban J connectivity index is 2.08. The number of phenolic OH excluding ortho intramolecular Hbond substituents is 1. The van der Waals surface area contributed by atoms with Crippen LogP contribution in [0.5, 0.6) is 5.75 Å². The summed E-state index contributed by atoms with van der Waals surface area (Å²) in [5, 5.41) is 17.7. The van der Waals surface area contributed by atoms with Gasteiger partial charge in [0.15, 0.2) is 5.65 Å². The van der Waals surface area contributed by atoms with Crippen molar-refractivity contribution in [2.75, 3.05) is 5.32 Å². The molecule has 0 saturated carbocycles. The van der Waals surface area contributed by atoms with Gasteiger partial charge in [0, 0.05) is 12.7 Å². The minimum atomic E-state index is 0.232. The van der Waals surface area contributed by atoms with E-state index in [4.69, 9.17) is 0 Å². The second-order valence-corrected chi connectivity index (χ2v) is 4.30. The number of aromatic hydroxyl groups is 1. The SMILES string of the molecule is Cc1nn(C)c2ncnc(Nc3ccc(O)cc3)c12. The van der Waals surface area contributed by atoms with Gasteiger partial charge in [0.05, 0.1) is 11.1 Å². The lowest BCUT2D eigenvalue weighted by Gasteiger charge is -2.06. The number of nitrogens with one attached hydrogen (secondary N) is 1. The molecule has 6 nitrogen and oxygen atoms in total. The van der Waals surface area contributed by atoms with Crippen molar-refractivity contribution in [3.63, 3.8) is 0 Å². The van der Waals surface area contributed by atoms with Crippen LogP contribution in [0, 0.1) is 6.92 Å². The second-order valence-electron chi connectivity index (χ2n) is 4.30. The van der Waals surface area contributed by atoms with Gasteiger partial charge < -0.3 is 10.4 Å². The first-order valence-corrected chi connectivity index (χ1v) is 5.85. The zero-order chi connectivity index (χ0) is 13.4. The summed E-state index contributed by atoms with van der Waals surface area (Å²) in [6.45, 7) is 1.92. The summed E-state index contributed by atoms with van der Waals surface area (Å²) in [6.07, 6.45) is 1.51. The Kier molecular flexibility index (Phi) is 2.56. The molecule has 19 heavy (non-hydrogen) atoms. The van der Waals surface area contributed by atoms with Crippen molar-refractivity contribution in [1.29, 1.82) is 0 Å². The first-order valence-electron chi connectivity index (χ1n) is 5.85. The number of nitrogens with zero attached hydrogens (tertiary/aromatic N) is 4. The van der Waals surface area contributed by atoms with Crippen LogP contribution in [0.25, 0.3) is 11.0 Å². The maximum absolute atomic E-state index is 9.28. The minimum Gasteiger partial charge on any atom is -0.508 e. The van der Waals surface area contributed by atoms with E-state index in [1.807, 2.05) is 14.0 Å². The van der Waals surface area contributed by atoms with Crippen LogP contribution in [0.4, 0.5) is 11.5 Å². The molecule has 0 amide bonds. The highest BCUT2D eigenvalue weighted by Crippen LogP contribution is 2.25. The van der Waals surface area contributed by atoms with Gasteiger partial charge in [-0.3, -0.25) is 4.68 Å². The normalized spacial score (nSPS) is 10.8. The van der Waals surface area contributed by atoms with Crippen LogP contribution < -0.4 is 5.32 Å². The molecule has 0 unspecified atom stereocenters. The summed E-state index contributed by atoms with van der Waals surface area (Å²) in [5.41, 5.74) is 2.51. The highest BCUT2D eigenvalue weighted by Gasteiger charge is 2.12. The molecule has 0 atom stereocenters. The number of aromatic nitrogens is 4. The number of hydrogen-bond donors (Lipinski definition) is 2. The maximum atomic E-state index is 9.28. The van der Waals surface area contributed by atoms with Gasteiger partial charge in [-0.25, -0.2) is 9.97 Å². The summed E-state index contributed by atoms with van der Waals surface area (Å²) < 4.78 is 1.73. The van der Waals surface area contributed by atoms with E-state index in [-0.39, 0.29) is 5.75 Å². The van der Waals surface area contributed by atoms with Gasteiger partial charge in [0.2, 0.25) is 0 Å². The van der Waals surface area contributed by atoms with E-state index in [1.54, 1.807) is 28.9 Å². The number of aryl methyl sites for hydroxylation is 2. The topological polar surface area (TPSA) is 75.9 Å². The lowest BCUT2D eigenvalue weighted by Crippen LogP contribution is -1.97. The molecule has 3 aromatic rings. The van der Waals surface area contributed by atoms with Gasteiger partial charge in [-0.05, 0) is 31.2 Å². The molecule has 3 rings (SSSR count). The van der Waals surface area contributed by atoms with E-state index in [2.05, 4.69) is 20.4 Å². The smallest absolute Gasteiger partial charge is 0.163 e. The average Bonchev–Trinajstić information content (AvgIpc) is 2.69. The van der Waals surface area contributed by atoms with Crippen LogP contribution in [0.1, 0.15) is 5.69 Å². The average molecular weight is 255 g/mol. The number of fused-ring (bicyclic) bond motifs is 1. The molecule has 0 fully saturated rings. The molecule has 2 N–H and O–H groups in total. The number of anilines is 2. The van der Waals surface area contributed by atoms with Gasteiger partial charge in [-0.2, -0.15) is 5.10 Å². The number of benzene rings is 1. The largest absolute Gasteiger partial charge is 0.508 e. The summed E-state index contributed by atoms with van der Waals surface area (Å²) in [6, 6.07) is 6.82. The molecular weight excluding hydrogens is 242 g/mol. The Hall–Kier alpha value is -2.63. The van der Waals surface area contributed by atoms with Gasteiger partial charge >= 0.3 is 0 Å². The summed E-state index contributed by atoms with van der Waals surface area (Å²) in [4.78, 5) is 8.49. The van der Waals surface area contributed by atoms with Crippen LogP contribution >= 0.6 is 0 Å². The van der Waals surface area contributed by atoms with Crippen LogP contribution in [0.15, 0.2) is 30.6 Å². The number of hydrogen-bond acceptors (Lipinski definition) is 5. The van der Waals surface area contributed by atoms with Crippen LogP contribution in [-0.4, -0.2) is 24.9 Å². The third kappa shape index (κ3) is 1.97. The molecule has 96 valence electrons. The first kappa shape index (κ1) is 11.5. The Morgan fingerprint density at radius 2 is 1.89 bits per heavy atom. The molecule has 0 bridgehead atoms. The van der Waals surface area contributed by atoms with E-state index < -0.39 is 0 Å². The maximum Gasteiger partial charge on any atom is 0.163 e. The molecule has 0 saturated heterocycles. The van der Waals surface area contributed by atoms with Crippen molar-refractivity contribution in [2.24, 2.45) is 7.05 Å². The highest BCUT2D eigenvalue weighted by molar-refractivity contribution is 5.90. The van der Waals surface area contributed by atoms with Crippen LogP contribution in [-0.2, 0) is 7.05 Å². The van der Waals surface area contributed by atoms with E-state index in [1.165, 1.54) is 6.33 Å². The van der Waals surface area contributed by atoms with Gasteiger partial charge in [0.1, 0.15) is 17.9 Å². The van der Waals surface area contributed by atoms with Crippen molar-refractivity contribution in [1.82, 2.24) is 19.7 Å². The molecule has 2 aromatic heterocycles. The van der Waals surface area contributed by atoms with Crippen molar-refractivity contribution < 1.29 is 5.11 Å². The lowest BCUT2D eigenvalue weighted by atomic mass is 10.2. The highest BCUT2D eigenvalue weighted by atomic mass is 16.3. The van der Waals surface area contributed by atoms with Crippen LogP contribution in [0.2, 0.25) is 0 Å². The summed E-state index contributed by atoms with van der Waals surface area (Å²) >= 11 is 0. The van der Waals surface area contributed by atoms with Gasteiger partial charge in [-0.1, -0.05) is 0 Å². The number of phenols is 1. The zero-order valence-corrected chi connectivity index (χ0v) is 10.6. The molecule has 1 aromatic carbocycles. The molecule has 2 heterocycles. The second kappa shape index (κ2) is 4.24. The molecule has 0 spiro atoms. The molecule has 0 aliphatic heterocycles. The summed E-state index contributed by atoms with van der Waals surface area (Å²) in [7, 11) is 1.85. The fourth-order valence-corrected chi connectivity index (χ4v) is 2.05. The van der Waals surface area contributed by atoms with Crippen molar-refractivity contribution in [3.05, 3.63) is 36.3 Å². The predicted octanol–water partition coefficient (Wildman–Crippen LogP) is 2.12. The molecule has 0 aliphatic rings. The molecule has 6 heteroatoms. The number of rotatable bonds is 2. The van der Waals surface area contributed by atoms with Gasteiger partial charge in [0.25, 0.3) is 0 Å². The summed E-state index contributed by atoms with van der Waals surface area (Å²) in [5.74, 6) is 0.942. The Morgan fingerprint density at radius 3 is 2.63 bits per heavy atom. The standard InChI is InChI=1S/C13H13N5O/c1-8-11-12(14-7-15-13(11)18(2)17-8)16-9-3-5-10(19)6-4-9/h3-7,19H,1-2H3,(H,14,15,16). The minimum absolute atomic E-state index is 0.232. The fraction of sp³-hybridized carbons (Fsp3) is 0.154. The monoisotopic (exact) mass is 255 g/mol. The van der Waals surface area contributed by atoms with E-state index >= 15 is 0 Å². The lowest BCUT2D eigenvalue weighted by molar-refractivity contribution is 0.475. The third-order valence-corrected chi connectivity index (χ3v) is 2.93. The molecule has 0 radical (unpaired) electrons. The zero-order valence-electron chi connectivity index (χ0n) is 10.6. The van der Waals surface area contributed by atoms with Crippen molar-refractivity contribution in [2.45, 2.75) is 6.92 Å². The van der Waals surface area contributed by atoms with E-state index in [9.17, 15) is 5.11 Å². The Labute approximate surface area is 109 Å². The van der Waals surface area contributed by atoms with E-state index in [0.717, 1.165) is 22.4 Å².